The molecule has 0 aromatic heterocycles. The van der Waals surface area contributed by atoms with E-state index in [1.54, 1.807) is 0 Å². The molecule has 0 saturated carbocycles. The lowest BCUT2D eigenvalue weighted by atomic mass is 9.98. The molecule has 104 valence electrons. The first-order chi connectivity index (χ1) is 9.19. The molecule has 1 amide bonds. The number of hydrogen-bond acceptors (Lipinski definition) is 2. The number of carbonyl (C=O) groups excluding carboxylic acids is 1. The smallest absolute Gasteiger partial charge is 0.222 e. The van der Waals surface area contributed by atoms with E-state index < -0.39 is 0 Å². The summed E-state index contributed by atoms with van der Waals surface area (Å²) < 4.78 is 0. The van der Waals surface area contributed by atoms with Gasteiger partial charge in [-0.15, -0.1) is 0 Å². The molecule has 2 rings (SSSR count). The second-order valence-electron chi connectivity index (χ2n) is 5.16. The van der Waals surface area contributed by atoms with Crippen molar-refractivity contribution in [1.82, 2.24) is 4.90 Å². The Morgan fingerprint density at radius 1 is 1.47 bits per heavy atom. The van der Waals surface area contributed by atoms with Gasteiger partial charge in [-0.05, 0) is 42.9 Å². The van der Waals surface area contributed by atoms with Crippen LogP contribution in [0, 0.1) is 5.92 Å². The molecule has 0 bridgehead atoms. The summed E-state index contributed by atoms with van der Waals surface area (Å²) in [5, 5.41) is 9.89. The summed E-state index contributed by atoms with van der Waals surface area (Å²) in [7, 11) is 0. The molecule has 19 heavy (non-hydrogen) atoms. The number of carbonyl (C=O) groups is 1. The normalized spacial score (nSPS) is 19.5. The van der Waals surface area contributed by atoms with E-state index in [-0.39, 0.29) is 18.4 Å². The number of amides is 1. The summed E-state index contributed by atoms with van der Waals surface area (Å²) in [5.41, 5.74) is 1.09. The third-order valence-electron chi connectivity index (χ3n) is 3.65. The average Bonchev–Trinajstić information content (AvgIpc) is 2.45. The molecular formula is C15H20ClNO2. The number of halogens is 1. The minimum absolute atomic E-state index is 0.179. The number of hydrogen-bond donors (Lipinski definition) is 1. The van der Waals surface area contributed by atoms with Gasteiger partial charge in [-0.1, -0.05) is 23.7 Å². The predicted molar refractivity (Wildman–Crippen MR) is 76.2 cm³/mol. The number of likely N-dealkylation sites (tertiary alicyclic amines) is 1. The molecule has 1 unspecified atom stereocenters. The second-order valence-corrected chi connectivity index (χ2v) is 5.60. The molecular weight excluding hydrogens is 262 g/mol. The zero-order chi connectivity index (χ0) is 13.7. The summed E-state index contributed by atoms with van der Waals surface area (Å²) in [6.45, 7) is 1.70. The van der Waals surface area contributed by atoms with Crippen LogP contribution in [0.1, 0.15) is 24.8 Å². The summed E-state index contributed by atoms with van der Waals surface area (Å²) in [6, 6.07) is 7.64. The topological polar surface area (TPSA) is 40.5 Å². The first kappa shape index (κ1) is 14.4. The lowest BCUT2D eigenvalue weighted by Crippen LogP contribution is -2.41. The van der Waals surface area contributed by atoms with Crippen LogP contribution < -0.4 is 0 Å². The van der Waals surface area contributed by atoms with Crippen molar-refractivity contribution >= 4 is 17.5 Å². The van der Waals surface area contributed by atoms with Gasteiger partial charge in [0.25, 0.3) is 0 Å². The maximum absolute atomic E-state index is 12.1. The molecule has 0 radical (unpaired) electrons. The van der Waals surface area contributed by atoms with Gasteiger partial charge in [0.15, 0.2) is 0 Å². The molecule has 0 aliphatic carbocycles. The summed E-state index contributed by atoms with van der Waals surface area (Å²) in [6.07, 6.45) is 3.25. The molecule has 0 spiro atoms. The molecule has 4 heteroatoms. The van der Waals surface area contributed by atoms with Gasteiger partial charge in [0, 0.05) is 31.1 Å². The van der Waals surface area contributed by atoms with E-state index in [4.69, 9.17) is 11.6 Å². The van der Waals surface area contributed by atoms with Crippen molar-refractivity contribution in [3.63, 3.8) is 0 Å². The summed E-state index contributed by atoms with van der Waals surface area (Å²) >= 11 is 5.92. The van der Waals surface area contributed by atoms with Crippen LogP contribution >= 0.6 is 11.6 Å². The fraction of sp³-hybridized carbons (Fsp3) is 0.533. The van der Waals surface area contributed by atoms with Gasteiger partial charge in [0.05, 0.1) is 0 Å². The Kier molecular flexibility index (Phi) is 5.23. The van der Waals surface area contributed by atoms with Gasteiger partial charge < -0.3 is 10.0 Å². The number of aliphatic hydroxyl groups excluding tert-OH is 1. The van der Waals surface area contributed by atoms with Crippen LogP contribution in [0.4, 0.5) is 0 Å². The highest BCUT2D eigenvalue weighted by Crippen LogP contribution is 2.18. The van der Waals surface area contributed by atoms with Crippen molar-refractivity contribution in [3.8, 4) is 0 Å². The lowest BCUT2D eigenvalue weighted by Gasteiger charge is -2.32. The predicted octanol–water partition coefficient (Wildman–Crippen LogP) is 2.50. The Morgan fingerprint density at radius 2 is 2.32 bits per heavy atom. The van der Waals surface area contributed by atoms with Crippen LogP contribution in [-0.4, -0.2) is 35.6 Å². The highest BCUT2D eigenvalue weighted by atomic mass is 35.5. The van der Waals surface area contributed by atoms with Crippen molar-refractivity contribution in [2.24, 2.45) is 5.92 Å². The fourth-order valence-electron chi connectivity index (χ4n) is 2.54. The van der Waals surface area contributed by atoms with E-state index in [0.29, 0.717) is 18.0 Å². The Morgan fingerprint density at radius 3 is 3.05 bits per heavy atom. The number of nitrogens with zero attached hydrogens (tertiary/aromatic N) is 1. The number of rotatable bonds is 4. The highest BCUT2D eigenvalue weighted by molar-refractivity contribution is 6.30. The lowest BCUT2D eigenvalue weighted by molar-refractivity contribution is -0.133. The minimum atomic E-state index is 0.179. The van der Waals surface area contributed by atoms with Crippen LogP contribution in [0.15, 0.2) is 24.3 Å². The minimum Gasteiger partial charge on any atom is -0.396 e. The number of benzene rings is 1. The number of aliphatic hydroxyl groups is 1. The molecule has 1 saturated heterocycles. The largest absolute Gasteiger partial charge is 0.396 e. The van der Waals surface area contributed by atoms with Crippen molar-refractivity contribution < 1.29 is 9.90 Å². The second kappa shape index (κ2) is 6.92. The van der Waals surface area contributed by atoms with Gasteiger partial charge in [0.1, 0.15) is 0 Å². The average molecular weight is 282 g/mol. The standard InChI is InChI=1S/C15H20ClNO2/c16-14-5-1-3-12(9-14)6-7-15(19)17-8-2-4-13(10-17)11-18/h1,3,5,9,13,18H,2,4,6-8,10-11H2. The van der Waals surface area contributed by atoms with Crippen molar-refractivity contribution in [2.75, 3.05) is 19.7 Å². The van der Waals surface area contributed by atoms with E-state index in [0.717, 1.165) is 31.4 Å². The Hall–Kier alpha value is -1.06. The van der Waals surface area contributed by atoms with Crippen LogP contribution in [0.2, 0.25) is 5.02 Å². The SMILES string of the molecule is O=C(CCc1cccc(Cl)c1)N1CCCC(CO)C1. The quantitative estimate of drug-likeness (QED) is 0.921. The van der Waals surface area contributed by atoms with Crippen molar-refractivity contribution in [2.45, 2.75) is 25.7 Å². The van der Waals surface area contributed by atoms with E-state index in [1.807, 2.05) is 29.2 Å². The van der Waals surface area contributed by atoms with Crippen LogP contribution in [0.3, 0.4) is 0 Å². The van der Waals surface area contributed by atoms with Crippen LogP contribution in [0.5, 0.6) is 0 Å². The number of aryl methyl sites for hydroxylation is 1. The maximum Gasteiger partial charge on any atom is 0.222 e. The third-order valence-corrected chi connectivity index (χ3v) is 3.88. The molecule has 1 atom stereocenters. The molecule has 1 aliphatic rings. The molecule has 1 fully saturated rings. The Labute approximate surface area is 119 Å². The first-order valence-electron chi connectivity index (χ1n) is 6.82. The first-order valence-corrected chi connectivity index (χ1v) is 7.20. The Bertz CT molecular complexity index is 436. The van der Waals surface area contributed by atoms with Crippen LogP contribution in [0.25, 0.3) is 0 Å². The zero-order valence-electron chi connectivity index (χ0n) is 11.0. The molecule has 1 aromatic carbocycles. The zero-order valence-corrected chi connectivity index (χ0v) is 11.8. The van der Waals surface area contributed by atoms with E-state index in [2.05, 4.69) is 0 Å². The monoisotopic (exact) mass is 281 g/mol. The summed E-state index contributed by atoms with van der Waals surface area (Å²) in [4.78, 5) is 14.0. The van der Waals surface area contributed by atoms with Gasteiger partial charge in [0.2, 0.25) is 5.91 Å². The number of piperidine rings is 1. The Balaban J connectivity index is 1.84. The van der Waals surface area contributed by atoms with E-state index in [1.165, 1.54) is 0 Å². The van der Waals surface area contributed by atoms with E-state index >= 15 is 0 Å². The molecule has 3 nitrogen and oxygen atoms in total. The fourth-order valence-corrected chi connectivity index (χ4v) is 2.76. The highest BCUT2D eigenvalue weighted by Gasteiger charge is 2.22. The van der Waals surface area contributed by atoms with Gasteiger partial charge >= 0.3 is 0 Å². The molecule has 1 heterocycles. The van der Waals surface area contributed by atoms with Crippen molar-refractivity contribution in [1.29, 1.82) is 0 Å². The third kappa shape index (κ3) is 4.22. The molecule has 1 N–H and O–H groups in total. The van der Waals surface area contributed by atoms with Crippen LogP contribution in [-0.2, 0) is 11.2 Å². The van der Waals surface area contributed by atoms with Gasteiger partial charge in [-0.2, -0.15) is 0 Å². The molecule has 1 aliphatic heterocycles. The van der Waals surface area contributed by atoms with Crippen molar-refractivity contribution in [3.05, 3.63) is 34.9 Å². The maximum atomic E-state index is 12.1. The van der Waals surface area contributed by atoms with Gasteiger partial charge in [-0.3, -0.25) is 4.79 Å². The van der Waals surface area contributed by atoms with E-state index in [9.17, 15) is 9.90 Å². The molecule has 1 aromatic rings. The summed E-state index contributed by atoms with van der Waals surface area (Å²) in [5.74, 6) is 0.432. The van der Waals surface area contributed by atoms with Gasteiger partial charge in [-0.25, -0.2) is 0 Å².